The maximum absolute atomic E-state index is 11.1. The maximum Gasteiger partial charge on any atom is 0.126 e. The summed E-state index contributed by atoms with van der Waals surface area (Å²) >= 11 is 0. The van der Waals surface area contributed by atoms with Crippen molar-refractivity contribution in [1.29, 1.82) is 0 Å². The molecule has 1 heterocycles. The molecule has 2 aromatic carbocycles. The minimum absolute atomic E-state index is 0.0441. The fraction of sp³-hybridized carbons (Fsp3) is 0.600. The van der Waals surface area contributed by atoms with Gasteiger partial charge in [-0.1, -0.05) is 79.7 Å². The van der Waals surface area contributed by atoms with Crippen LogP contribution in [0.3, 0.4) is 0 Å². The zero-order valence-electron chi connectivity index (χ0n) is 22.0. The second-order valence-corrected chi connectivity index (χ2v) is 11.6. The molecule has 0 aliphatic carbocycles. The summed E-state index contributed by atoms with van der Waals surface area (Å²) in [5.41, 5.74) is 7.04. The highest BCUT2D eigenvalue weighted by Gasteiger charge is 2.28. The largest absolute Gasteiger partial charge is 0.507 e. The van der Waals surface area contributed by atoms with Gasteiger partial charge in [0.15, 0.2) is 0 Å². The summed E-state index contributed by atoms with van der Waals surface area (Å²) in [6, 6.07) is 9.02. The molecule has 33 heavy (non-hydrogen) atoms. The van der Waals surface area contributed by atoms with Crippen molar-refractivity contribution >= 4 is 0 Å². The van der Waals surface area contributed by atoms with Crippen molar-refractivity contribution in [2.45, 2.75) is 92.6 Å². The van der Waals surface area contributed by atoms with E-state index in [0.29, 0.717) is 30.6 Å². The third kappa shape index (κ3) is 6.99. The van der Waals surface area contributed by atoms with Crippen LogP contribution >= 0.6 is 0 Å². The lowest BCUT2D eigenvalue weighted by atomic mass is 9.82. The highest BCUT2D eigenvalue weighted by molar-refractivity contribution is 5.53. The molecule has 1 atom stereocenters. The molecule has 0 radical (unpaired) electrons. The zero-order chi connectivity index (χ0) is 24.3. The summed E-state index contributed by atoms with van der Waals surface area (Å²) in [6.45, 7) is 19.3. The molecule has 1 N–H and O–H groups in total. The van der Waals surface area contributed by atoms with E-state index in [0.717, 1.165) is 48.3 Å². The van der Waals surface area contributed by atoms with Crippen LogP contribution < -0.4 is 4.74 Å². The quantitative estimate of drug-likeness (QED) is 0.394. The summed E-state index contributed by atoms with van der Waals surface area (Å²) in [6.07, 6.45) is 3.75. The fourth-order valence-corrected chi connectivity index (χ4v) is 4.57. The van der Waals surface area contributed by atoms with Gasteiger partial charge in [0, 0.05) is 12.0 Å². The minimum Gasteiger partial charge on any atom is -0.507 e. The van der Waals surface area contributed by atoms with Crippen LogP contribution in [0.1, 0.15) is 88.8 Å². The van der Waals surface area contributed by atoms with E-state index in [9.17, 15) is 5.11 Å². The van der Waals surface area contributed by atoms with Crippen molar-refractivity contribution in [3.8, 4) is 11.5 Å². The summed E-state index contributed by atoms with van der Waals surface area (Å²) < 4.78 is 11.9. The van der Waals surface area contributed by atoms with Gasteiger partial charge in [0.25, 0.3) is 0 Å². The Morgan fingerprint density at radius 1 is 0.939 bits per heavy atom. The highest BCUT2D eigenvalue weighted by atomic mass is 16.6. The first-order chi connectivity index (χ1) is 15.5. The van der Waals surface area contributed by atoms with Gasteiger partial charge in [-0.25, -0.2) is 0 Å². The van der Waals surface area contributed by atoms with Crippen molar-refractivity contribution in [2.24, 2.45) is 11.8 Å². The van der Waals surface area contributed by atoms with Crippen LogP contribution in [-0.4, -0.2) is 24.4 Å². The number of ether oxygens (including phenoxy) is 2. The highest BCUT2D eigenvalue weighted by Crippen LogP contribution is 2.39. The lowest BCUT2D eigenvalue weighted by molar-refractivity contribution is 0.256. The van der Waals surface area contributed by atoms with Gasteiger partial charge >= 0.3 is 0 Å². The lowest BCUT2D eigenvalue weighted by Crippen LogP contribution is -2.18. The Labute approximate surface area is 201 Å². The standard InChI is InChI=1S/C30H44O3/c1-9-23-12-21(10-19(2)3)13-24(28(23)31)16-25-14-22(11-20(4)5)15-27(30(6,7)8)29(25)33-18-26-17-32-26/h12-15,19-20,26,31H,9-11,16-18H2,1-8H3. The average molecular weight is 453 g/mol. The van der Waals surface area contributed by atoms with Crippen LogP contribution in [0.25, 0.3) is 0 Å². The molecule has 0 spiro atoms. The molecule has 0 amide bonds. The Balaban J connectivity index is 2.11. The predicted molar refractivity (Wildman–Crippen MR) is 138 cm³/mol. The average Bonchev–Trinajstić information content (AvgIpc) is 3.52. The first kappa shape index (κ1) is 25.6. The first-order valence-electron chi connectivity index (χ1n) is 12.7. The van der Waals surface area contributed by atoms with Gasteiger partial charge < -0.3 is 14.6 Å². The number of benzene rings is 2. The zero-order valence-corrected chi connectivity index (χ0v) is 22.0. The molecule has 3 rings (SSSR count). The van der Waals surface area contributed by atoms with Gasteiger partial charge in [-0.2, -0.15) is 0 Å². The van der Waals surface area contributed by atoms with Crippen LogP contribution in [-0.2, 0) is 35.8 Å². The Bertz CT molecular complexity index is 946. The molecule has 1 aliphatic heterocycles. The SMILES string of the molecule is CCc1cc(CC(C)C)cc(Cc2cc(CC(C)C)cc(C(C)(C)C)c2OCC2CO2)c1O. The molecule has 0 bridgehead atoms. The van der Waals surface area contributed by atoms with Crippen molar-refractivity contribution in [1.82, 2.24) is 0 Å². The predicted octanol–water partition coefficient (Wildman–Crippen LogP) is 7.02. The number of hydrogen-bond acceptors (Lipinski definition) is 3. The van der Waals surface area contributed by atoms with E-state index in [2.05, 4.69) is 79.7 Å². The number of phenolic OH excluding ortho intramolecular Hbond substituents is 1. The number of epoxide rings is 1. The number of phenols is 1. The first-order valence-corrected chi connectivity index (χ1v) is 12.7. The molecule has 1 fully saturated rings. The molecule has 0 saturated carbocycles. The van der Waals surface area contributed by atoms with Crippen molar-refractivity contribution in [2.75, 3.05) is 13.2 Å². The molecule has 3 heteroatoms. The molecule has 182 valence electrons. The Kier molecular flexibility index (Phi) is 8.16. The van der Waals surface area contributed by atoms with Crippen LogP contribution in [0.4, 0.5) is 0 Å². The molecule has 1 aliphatic rings. The van der Waals surface area contributed by atoms with E-state index in [-0.39, 0.29) is 11.5 Å². The third-order valence-electron chi connectivity index (χ3n) is 6.23. The molecule has 2 aromatic rings. The second kappa shape index (κ2) is 10.5. The summed E-state index contributed by atoms with van der Waals surface area (Å²) in [7, 11) is 0. The van der Waals surface area contributed by atoms with Gasteiger partial charge in [-0.15, -0.1) is 0 Å². The summed E-state index contributed by atoms with van der Waals surface area (Å²) in [4.78, 5) is 0. The summed E-state index contributed by atoms with van der Waals surface area (Å²) in [5, 5.41) is 11.1. The van der Waals surface area contributed by atoms with Gasteiger partial charge in [-0.05, 0) is 64.3 Å². The molecule has 3 nitrogen and oxygen atoms in total. The van der Waals surface area contributed by atoms with Gasteiger partial charge in [0.1, 0.15) is 24.2 Å². The van der Waals surface area contributed by atoms with Gasteiger partial charge in [0.05, 0.1) is 6.61 Å². The van der Waals surface area contributed by atoms with Crippen LogP contribution in [0.5, 0.6) is 11.5 Å². The molecule has 0 aromatic heterocycles. The van der Waals surface area contributed by atoms with Gasteiger partial charge in [0.2, 0.25) is 0 Å². The van der Waals surface area contributed by atoms with E-state index >= 15 is 0 Å². The third-order valence-corrected chi connectivity index (χ3v) is 6.23. The van der Waals surface area contributed by atoms with Crippen molar-refractivity contribution in [3.63, 3.8) is 0 Å². The Morgan fingerprint density at radius 2 is 1.48 bits per heavy atom. The van der Waals surface area contributed by atoms with E-state index in [1.165, 1.54) is 16.7 Å². The van der Waals surface area contributed by atoms with Crippen LogP contribution in [0.15, 0.2) is 24.3 Å². The minimum atomic E-state index is -0.0441. The molecule has 1 saturated heterocycles. The second-order valence-electron chi connectivity index (χ2n) is 11.6. The van der Waals surface area contributed by atoms with Crippen LogP contribution in [0, 0.1) is 11.8 Å². The number of hydrogen-bond donors (Lipinski definition) is 1. The lowest BCUT2D eigenvalue weighted by Gasteiger charge is -2.27. The Morgan fingerprint density at radius 3 is 2.00 bits per heavy atom. The van der Waals surface area contributed by atoms with E-state index < -0.39 is 0 Å². The smallest absolute Gasteiger partial charge is 0.126 e. The van der Waals surface area contributed by atoms with Crippen molar-refractivity contribution in [3.05, 3.63) is 57.6 Å². The number of aromatic hydroxyl groups is 1. The van der Waals surface area contributed by atoms with Gasteiger partial charge in [-0.3, -0.25) is 0 Å². The topological polar surface area (TPSA) is 42.0 Å². The monoisotopic (exact) mass is 452 g/mol. The van der Waals surface area contributed by atoms with Crippen molar-refractivity contribution < 1.29 is 14.6 Å². The molecular formula is C30H44O3. The normalized spacial score (nSPS) is 16.0. The van der Waals surface area contributed by atoms with E-state index in [4.69, 9.17) is 9.47 Å². The van der Waals surface area contributed by atoms with E-state index in [1.807, 2.05) is 0 Å². The number of aryl methyl sites for hydroxylation is 1. The number of rotatable bonds is 10. The van der Waals surface area contributed by atoms with Crippen LogP contribution in [0.2, 0.25) is 0 Å². The summed E-state index contributed by atoms with van der Waals surface area (Å²) in [5.74, 6) is 2.56. The maximum atomic E-state index is 11.1. The molecule has 1 unspecified atom stereocenters. The Hall–Kier alpha value is -2.00. The fourth-order valence-electron chi connectivity index (χ4n) is 4.57. The van der Waals surface area contributed by atoms with E-state index in [1.54, 1.807) is 0 Å². The molecular weight excluding hydrogens is 408 g/mol.